The quantitative estimate of drug-likeness (QED) is 0.706. The summed E-state index contributed by atoms with van der Waals surface area (Å²) < 4.78 is 11.5. The van der Waals surface area contributed by atoms with Gasteiger partial charge in [-0.05, 0) is 32.6 Å². The molecule has 3 heteroatoms. The van der Waals surface area contributed by atoms with E-state index in [-0.39, 0.29) is 18.0 Å². The molecule has 2 saturated heterocycles. The van der Waals surface area contributed by atoms with Crippen LogP contribution in [-0.2, 0) is 9.47 Å². The standard InChI is InChI=1S/C10H18O3/c1-9-7-12-10(2,13-9)5-3-8(9)4-6-11/h8,11H,3-7H2,1-2H3. The van der Waals surface area contributed by atoms with Gasteiger partial charge >= 0.3 is 0 Å². The van der Waals surface area contributed by atoms with Crippen LogP contribution in [0.2, 0.25) is 0 Å². The van der Waals surface area contributed by atoms with Gasteiger partial charge in [0.25, 0.3) is 0 Å². The van der Waals surface area contributed by atoms with Gasteiger partial charge in [0, 0.05) is 13.0 Å². The Morgan fingerprint density at radius 3 is 2.92 bits per heavy atom. The van der Waals surface area contributed by atoms with Gasteiger partial charge in [0.1, 0.15) is 0 Å². The second-order valence-electron chi connectivity index (χ2n) is 4.59. The van der Waals surface area contributed by atoms with Gasteiger partial charge in [0.15, 0.2) is 5.79 Å². The Morgan fingerprint density at radius 2 is 2.23 bits per heavy atom. The van der Waals surface area contributed by atoms with Crippen molar-refractivity contribution in [1.82, 2.24) is 0 Å². The Morgan fingerprint density at radius 1 is 1.46 bits per heavy atom. The van der Waals surface area contributed by atoms with E-state index in [1.807, 2.05) is 6.92 Å². The topological polar surface area (TPSA) is 38.7 Å². The molecular formula is C10H18O3. The summed E-state index contributed by atoms with van der Waals surface area (Å²) >= 11 is 0. The Balaban J connectivity index is 2.10. The molecule has 13 heavy (non-hydrogen) atoms. The molecule has 3 nitrogen and oxygen atoms in total. The summed E-state index contributed by atoms with van der Waals surface area (Å²) in [5, 5.41) is 8.93. The monoisotopic (exact) mass is 186 g/mol. The zero-order valence-electron chi connectivity index (χ0n) is 8.38. The van der Waals surface area contributed by atoms with Crippen LogP contribution in [-0.4, -0.2) is 29.7 Å². The number of fused-ring (bicyclic) bond motifs is 2. The van der Waals surface area contributed by atoms with Crippen molar-refractivity contribution in [1.29, 1.82) is 0 Å². The molecule has 0 aromatic carbocycles. The number of hydrogen-bond acceptors (Lipinski definition) is 3. The van der Waals surface area contributed by atoms with Gasteiger partial charge in [-0.25, -0.2) is 0 Å². The van der Waals surface area contributed by atoms with E-state index >= 15 is 0 Å². The fraction of sp³-hybridized carbons (Fsp3) is 1.00. The van der Waals surface area contributed by atoms with Crippen molar-refractivity contribution in [3.63, 3.8) is 0 Å². The third kappa shape index (κ3) is 1.49. The predicted octanol–water partition coefficient (Wildman–Crippen LogP) is 1.30. The molecule has 0 aromatic rings. The Kier molecular flexibility index (Phi) is 2.13. The average Bonchev–Trinajstić information content (AvgIpc) is 2.32. The van der Waals surface area contributed by atoms with Gasteiger partial charge in [0.2, 0.25) is 0 Å². The van der Waals surface area contributed by atoms with Crippen molar-refractivity contribution in [3.8, 4) is 0 Å². The van der Waals surface area contributed by atoms with Crippen LogP contribution >= 0.6 is 0 Å². The summed E-state index contributed by atoms with van der Waals surface area (Å²) in [6.45, 7) is 5.03. The van der Waals surface area contributed by atoms with Gasteiger partial charge in [0.05, 0.1) is 12.2 Å². The minimum absolute atomic E-state index is 0.157. The molecule has 3 unspecified atom stereocenters. The average molecular weight is 186 g/mol. The van der Waals surface area contributed by atoms with Crippen LogP contribution in [0.15, 0.2) is 0 Å². The van der Waals surface area contributed by atoms with E-state index in [9.17, 15) is 0 Å². The molecule has 76 valence electrons. The van der Waals surface area contributed by atoms with Crippen molar-refractivity contribution in [2.45, 2.75) is 44.5 Å². The van der Waals surface area contributed by atoms with Gasteiger partial charge < -0.3 is 14.6 Å². The molecule has 0 saturated carbocycles. The van der Waals surface area contributed by atoms with Crippen LogP contribution < -0.4 is 0 Å². The van der Waals surface area contributed by atoms with Crippen LogP contribution in [0.3, 0.4) is 0 Å². The third-order valence-corrected chi connectivity index (χ3v) is 3.40. The van der Waals surface area contributed by atoms with Gasteiger partial charge in [-0.2, -0.15) is 0 Å². The first-order valence-corrected chi connectivity index (χ1v) is 5.03. The first-order chi connectivity index (χ1) is 6.08. The molecule has 2 fully saturated rings. The lowest BCUT2D eigenvalue weighted by atomic mass is 9.81. The van der Waals surface area contributed by atoms with Gasteiger partial charge in [-0.3, -0.25) is 0 Å². The van der Waals surface area contributed by atoms with E-state index in [0.29, 0.717) is 12.5 Å². The summed E-state index contributed by atoms with van der Waals surface area (Å²) in [6, 6.07) is 0. The van der Waals surface area contributed by atoms with Crippen molar-refractivity contribution in [2.24, 2.45) is 5.92 Å². The maximum Gasteiger partial charge on any atom is 0.166 e. The zero-order valence-corrected chi connectivity index (χ0v) is 8.38. The Bertz CT molecular complexity index is 206. The molecule has 1 N–H and O–H groups in total. The van der Waals surface area contributed by atoms with Crippen molar-refractivity contribution >= 4 is 0 Å². The predicted molar refractivity (Wildman–Crippen MR) is 48.3 cm³/mol. The SMILES string of the molecule is CC12CCC(CCO)C(C)(CO1)O2. The van der Waals surface area contributed by atoms with E-state index in [1.54, 1.807) is 0 Å². The first-order valence-electron chi connectivity index (χ1n) is 5.03. The first kappa shape index (κ1) is 9.44. The molecule has 0 radical (unpaired) electrons. The van der Waals surface area contributed by atoms with Crippen LogP contribution in [0.4, 0.5) is 0 Å². The largest absolute Gasteiger partial charge is 0.396 e. The lowest BCUT2D eigenvalue weighted by Crippen LogP contribution is -2.44. The third-order valence-electron chi connectivity index (χ3n) is 3.40. The van der Waals surface area contributed by atoms with Gasteiger partial charge in [-0.15, -0.1) is 0 Å². The minimum Gasteiger partial charge on any atom is -0.396 e. The molecule has 2 rings (SSSR count). The second kappa shape index (κ2) is 2.94. The molecule has 2 aliphatic heterocycles. The highest BCUT2D eigenvalue weighted by Crippen LogP contribution is 2.47. The number of aliphatic hydroxyl groups excluding tert-OH is 1. The zero-order chi connectivity index (χ0) is 9.53. The van der Waals surface area contributed by atoms with E-state index in [1.165, 1.54) is 0 Å². The van der Waals surface area contributed by atoms with Crippen molar-refractivity contribution < 1.29 is 14.6 Å². The maximum absolute atomic E-state index is 8.93. The number of aliphatic hydroxyl groups is 1. The minimum atomic E-state index is -0.347. The summed E-state index contributed by atoms with van der Waals surface area (Å²) in [5.74, 6) is 0.105. The van der Waals surface area contributed by atoms with E-state index < -0.39 is 0 Å². The molecule has 0 aromatic heterocycles. The van der Waals surface area contributed by atoms with Crippen LogP contribution in [0.5, 0.6) is 0 Å². The van der Waals surface area contributed by atoms with E-state index in [2.05, 4.69) is 6.92 Å². The fourth-order valence-corrected chi connectivity index (χ4v) is 2.52. The maximum atomic E-state index is 8.93. The number of ether oxygens (including phenoxy) is 2. The Labute approximate surface area is 79.0 Å². The molecule has 0 spiro atoms. The molecule has 3 atom stereocenters. The van der Waals surface area contributed by atoms with Crippen LogP contribution in [0.25, 0.3) is 0 Å². The van der Waals surface area contributed by atoms with Crippen LogP contribution in [0, 0.1) is 5.92 Å². The smallest absolute Gasteiger partial charge is 0.166 e. The van der Waals surface area contributed by atoms with E-state index in [4.69, 9.17) is 14.6 Å². The molecule has 0 aliphatic carbocycles. The summed E-state index contributed by atoms with van der Waals surface area (Å²) in [7, 11) is 0. The normalized spacial score (nSPS) is 49.6. The molecule has 2 bridgehead atoms. The molecule has 2 heterocycles. The second-order valence-corrected chi connectivity index (χ2v) is 4.59. The van der Waals surface area contributed by atoms with Crippen molar-refractivity contribution in [2.75, 3.05) is 13.2 Å². The van der Waals surface area contributed by atoms with Gasteiger partial charge in [-0.1, -0.05) is 0 Å². The highest BCUT2D eigenvalue weighted by Gasteiger charge is 2.52. The number of rotatable bonds is 2. The summed E-state index contributed by atoms with van der Waals surface area (Å²) in [6.07, 6.45) is 2.89. The summed E-state index contributed by atoms with van der Waals surface area (Å²) in [5.41, 5.74) is -0.157. The molecule has 0 amide bonds. The fourth-order valence-electron chi connectivity index (χ4n) is 2.52. The lowest BCUT2D eigenvalue weighted by molar-refractivity contribution is -0.212. The van der Waals surface area contributed by atoms with E-state index in [0.717, 1.165) is 19.3 Å². The highest BCUT2D eigenvalue weighted by atomic mass is 16.8. The Hall–Kier alpha value is -0.120. The van der Waals surface area contributed by atoms with Crippen molar-refractivity contribution in [3.05, 3.63) is 0 Å². The summed E-state index contributed by atoms with van der Waals surface area (Å²) in [4.78, 5) is 0. The lowest BCUT2D eigenvalue weighted by Gasteiger charge is -2.39. The molecular weight excluding hydrogens is 168 g/mol. The number of hydrogen-bond donors (Lipinski definition) is 1. The molecule has 2 aliphatic rings. The van der Waals surface area contributed by atoms with Crippen LogP contribution in [0.1, 0.15) is 33.1 Å². The highest BCUT2D eigenvalue weighted by molar-refractivity contribution is 4.96.